The summed E-state index contributed by atoms with van der Waals surface area (Å²) in [4.78, 5) is 10.9. The van der Waals surface area contributed by atoms with Crippen LogP contribution < -0.4 is 4.74 Å². The summed E-state index contributed by atoms with van der Waals surface area (Å²) in [6.07, 6.45) is 0.662. The van der Waals surface area contributed by atoms with Gasteiger partial charge >= 0.3 is 5.97 Å². The van der Waals surface area contributed by atoms with Crippen molar-refractivity contribution in [1.82, 2.24) is 0 Å². The number of para-hydroxylation sites is 1. The fraction of sp³-hybridized carbons (Fsp3) is 0.250. The highest BCUT2D eigenvalue weighted by Crippen LogP contribution is 2.34. The third-order valence-corrected chi connectivity index (χ3v) is 2.60. The minimum atomic E-state index is -0.860. The van der Waals surface area contributed by atoms with E-state index in [1.807, 2.05) is 24.3 Å². The number of hydrogen-bond acceptors (Lipinski definition) is 2. The first-order chi connectivity index (χ1) is 7.20. The molecule has 1 aliphatic heterocycles. The molecule has 0 aromatic heterocycles. The van der Waals surface area contributed by atoms with Gasteiger partial charge in [0.1, 0.15) is 5.75 Å². The van der Waals surface area contributed by atoms with Crippen molar-refractivity contribution in [1.29, 1.82) is 0 Å². The van der Waals surface area contributed by atoms with Crippen molar-refractivity contribution >= 4 is 11.5 Å². The van der Waals surface area contributed by atoms with E-state index in [9.17, 15) is 4.79 Å². The van der Waals surface area contributed by atoms with Crippen LogP contribution in [0.3, 0.4) is 0 Å². The number of benzene rings is 1. The van der Waals surface area contributed by atoms with E-state index in [0.717, 1.165) is 16.9 Å². The molecular weight excluding hydrogens is 192 g/mol. The fourth-order valence-corrected chi connectivity index (χ4v) is 1.76. The molecule has 1 heterocycles. The van der Waals surface area contributed by atoms with Gasteiger partial charge in [-0.05, 0) is 18.6 Å². The predicted octanol–water partition coefficient (Wildman–Crippen LogP) is 2.33. The van der Waals surface area contributed by atoms with E-state index in [2.05, 4.69) is 0 Å². The quantitative estimate of drug-likeness (QED) is 0.714. The average Bonchev–Trinajstić information content (AvgIpc) is 2.27. The number of rotatable bonds is 1. The van der Waals surface area contributed by atoms with Gasteiger partial charge in [-0.3, -0.25) is 0 Å². The summed E-state index contributed by atoms with van der Waals surface area (Å²) in [5.41, 5.74) is 2.19. The lowest BCUT2D eigenvalue weighted by Gasteiger charge is -2.20. The Kier molecular flexibility index (Phi) is 2.46. The topological polar surface area (TPSA) is 46.5 Å². The molecule has 2 rings (SSSR count). The van der Waals surface area contributed by atoms with Crippen molar-refractivity contribution in [2.45, 2.75) is 13.3 Å². The Morgan fingerprint density at radius 2 is 2.13 bits per heavy atom. The van der Waals surface area contributed by atoms with Gasteiger partial charge in [0.2, 0.25) is 0 Å². The molecule has 0 atom stereocenters. The molecule has 3 nitrogen and oxygen atoms in total. The molecule has 0 amide bonds. The second-order valence-electron chi connectivity index (χ2n) is 3.50. The summed E-state index contributed by atoms with van der Waals surface area (Å²) in [6.45, 7) is 2.19. The SMILES string of the molecule is C/C(C(=O)O)=C1/CCOc2ccccc21. The Morgan fingerprint density at radius 3 is 2.87 bits per heavy atom. The molecule has 15 heavy (non-hydrogen) atoms. The number of ether oxygens (including phenoxy) is 1. The van der Waals surface area contributed by atoms with E-state index in [4.69, 9.17) is 9.84 Å². The van der Waals surface area contributed by atoms with Crippen molar-refractivity contribution in [3.63, 3.8) is 0 Å². The third-order valence-electron chi connectivity index (χ3n) is 2.60. The molecule has 0 saturated heterocycles. The van der Waals surface area contributed by atoms with Gasteiger partial charge in [-0.1, -0.05) is 18.2 Å². The molecule has 1 aliphatic rings. The second kappa shape index (κ2) is 3.77. The van der Waals surface area contributed by atoms with Crippen LogP contribution in [0, 0.1) is 0 Å². The minimum absolute atomic E-state index is 0.408. The third kappa shape index (κ3) is 1.73. The number of hydrogen-bond donors (Lipinski definition) is 1. The van der Waals surface area contributed by atoms with E-state index in [1.165, 1.54) is 0 Å². The molecule has 78 valence electrons. The zero-order valence-corrected chi connectivity index (χ0v) is 8.49. The number of carboxylic acids is 1. The monoisotopic (exact) mass is 204 g/mol. The van der Waals surface area contributed by atoms with E-state index in [-0.39, 0.29) is 0 Å². The maximum atomic E-state index is 10.9. The number of fused-ring (bicyclic) bond motifs is 1. The molecule has 0 spiro atoms. The number of aliphatic carboxylic acids is 1. The van der Waals surface area contributed by atoms with Crippen LogP contribution in [0.4, 0.5) is 0 Å². The second-order valence-corrected chi connectivity index (χ2v) is 3.50. The Bertz CT molecular complexity index is 432. The Morgan fingerprint density at radius 1 is 1.40 bits per heavy atom. The zero-order valence-electron chi connectivity index (χ0n) is 8.49. The van der Waals surface area contributed by atoms with Gasteiger partial charge in [0, 0.05) is 17.6 Å². The molecule has 0 saturated carbocycles. The van der Waals surface area contributed by atoms with Crippen LogP contribution in [-0.4, -0.2) is 17.7 Å². The summed E-state index contributed by atoms with van der Waals surface area (Å²) in [5.74, 6) is -0.0824. The van der Waals surface area contributed by atoms with Crippen LogP contribution in [0.5, 0.6) is 5.75 Å². The van der Waals surface area contributed by atoms with Crippen LogP contribution in [0.25, 0.3) is 5.57 Å². The summed E-state index contributed by atoms with van der Waals surface area (Å²) in [6, 6.07) is 7.54. The Balaban J connectivity index is 2.55. The first-order valence-corrected chi connectivity index (χ1v) is 4.85. The summed E-state index contributed by atoms with van der Waals surface area (Å²) in [5, 5.41) is 8.96. The lowest BCUT2D eigenvalue weighted by molar-refractivity contribution is -0.132. The van der Waals surface area contributed by atoms with Crippen LogP contribution in [0.2, 0.25) is 0 Å². The van der Waals surface area contributed by atoms with Crippen LogP contribution in [0.15, 0.2) is 29.8 Å². The van der Waals surface area contributed by atoms with Gasteiger partial charge in [0.05, 0.1) is 6.61 Å². The normalized spacial score (nSPS) is 17.7. The van der Waals surface area contributed by atoms with Crippen molar-refractivity contribution in [2.75, 3.05) is 6.61 Å². The minimum Gasteiger partial charge on any atom is -0.493 e. The molecule has 0 fully saturated rings. The van der Waals surface area contributed by atoms with Crippen LogP contribution in [0.1, 0.15) is 18.9 Å². The standard InChI is InChI=1S/C12H12O3/c1-8(12(13)14)9-6-7-15-11-5-3-2-4-10(9)11/h2-5H,6-7H2,1H3,(H,13,14)/b9-8+. The van der Waals surface area contributed by atoms with E-state index >= 15 is 0 Å². The van der Waals surface area contributed by atoms with Crippen molar-refractivity contribution < 1.29 is 14.6 Å². The summed E-state index contributed by atoms with van der Waals surface area (Å²) in [7, 11) is 0. The van der Waals surface area contributed by atoms with Crippen molar-refractivity contribution in [2.24, 2.45) is 0 Å². The van der Waals surface area contributed by atoms with Gasteiger partial charge < -0.3 is 9.84 Å². The number of carbonyl (C=O) groups is 1. The molecule has 1 aromatic carbocycles. The smallest absolute Gasteiger partial charge is 0.331 e. The first-order valence-electron chi connectivity index (χ1n) is 4.85. The zero-order chi connectivity index (χ0) is 10.8. The molecule has 1 aromatic rings. The molecule has 0 aliphatic carbocycles. The molecule has 3 heteroatoms. The maximum Gasteiger partial charge on any atom is 0.331 e. The highest BCUT2D eigenvalue weighted by Gasteiger charge is 2.19. The van der Waals surface area contributed by atoms with E-state index < -0.39 is 5.97 Å². The molecular formula is C12H12O3. The largest absolute Gasteiger partial charge is 0.493 e. The molecule has 1 N–H and O–H groups in total. The van der Waals surface area contributed by atoms with Gasteiger partial charge in [0.25, 0.3) is 0 Å². The maximum absolute atomic E-state index is 10.9. The van der Waals surface area contributed by atoms with Gasteiger partial charge in [-0.25, -0.2) is 4.79 Å². The number of carboxylic acid groups (broad SMARTS) is 1. The van der Waals surface area contributed by atoms with E-state index in [1.54, 1.807) is 6.92 Å². The Hall–Kier alpha value is -1.77. The highest BCUT2D eigenvalue weighted by atomic mass is 16.5. The molecule has 0 radical (unpaired) electrons. The summed E-state index contributed by atoms with van der Waals surface area (Å²) < 4.78 is 5.46. The van der Waals surface area contributed by atoms with Gasteiger partial charge in [0.15, 0.2) is 0 Å². The average molecular weight is 204 g/mol. The van der Waals surface area contributed by atoms with Crippen LogP contribution in [-0.2, 0) is 4.79 Å². The predicted molar refractivity (Wildman–Crippen MR) is 56.8 cm³/mol. The summed E-state index contributed by atoms with van der Waals surface area (Å²) >= 11 is 0. The van der Waals surface area contributed by atoms with Crippen LogP contribution >= 0.6 is 0 Å². The fourth-order valence-electron chi connectivity index (χ4n) is 1.76. The van der Waals surface area contributed by atoms with Gasteiger partial charge in [-0.2, -0.15) is 0 Å². The van der Waals surface area contributed by atoms with Crippen molar-refractivity contribution in [3.8, 4) is 5.75 Å². The lowest BCUT2D eigenvalue weighted by Crippen LogP contribution is -2.11. The van der Waals surface area contributed by atoms with E-state index in [0.29, 0.717) is 18.6 Å². The first kappa shape index (κ1) is 9.77. The lowest BCUT2D eigenvalue weighted by atomic mass is 9.95. The van der Waals surface area contributed by atoms with Gasteiger partial charge in [-0.15, -0.1) is 0 Å². The Labute approximate surface area is 88.0 Å². The van der Waals surface area contributed by atoms with Crippen molar-refractivity contribution in [3.05, 3.63) is 35.4 Å². The molecule has 0 bridgehead atoms. The molecule has 0 unspecified atom stereocenters. The highest BCUT2D eigenvalue weighted by molar-refractivity contribution is 5.96.